The number of Topliss-reactive ketones (excluding diaryl/α,β-unsaturated/α-hetero) is 2. The fourth-order valence-corrected chi connectivity index (χ4v) is 13.0. The fraction of sp³-hybridized carbons (Fsp3) is 0.705. The predicted molar refractivity (Wildman–Crippen MR) is 302 cm³/mol. The second kappa shape index (κ2) is 30.1. The number of hydrogen-bond donors (Lipinski definition) is 2. The first-order chi connectivity index (χ1) is 36.5. The smallest absolute Gasteiger partial charge is 0.329 e. The molecule has 2 N–H and O–H groups in total. The molecule has 0 radical (unpaired) electrons. The zero-order chi connectivity index (χ0) is 56.6. The van der Waals surface area contributed by atoms with Gasteiger partial charge in [-0.15, -0.1) is 0 Å². The van der Waals surface area contributed by atoms with E-state index in [1.54, 1.807) is 41.4 Å². The molecule has 4 aliphatic rings. The van der Waals surface area contributed by atoms with Crippen molar-refractivity contribution in [1.82, 2.24) is 4.90 Å². The van der Waals surface area contributed by atoms with E-state index in [0.29, 0.717) is 89.4 Å². The third-order valence-corrected chi connectivity index (χ3v) is 17.4. The first-order valence-electron chi connectivity index (χ1n) is 28.5. The number of amides is 1. The minimum absolute atomic E-state index is 0.0358. The highest BCUT2D eigenvalue weighted by Crippen LogP contribution is 2.45. The number of benzene rings is 1. The molecule has 2 unspecified atom stereocenters. The molecule has 5 rings (SSSR count). The standard InChI is InChI=1S/C61H95N2O13P/c1-40-21-15-13-16-22-42(3)51(62(33-34-71-8)48-23-17-14-18-24-48)39-49-29-27-46(7)61(69,75-49)58(66)59(67)63-32-20-19-25-50(63)60(68)74-52(43(4)37-47-28-31-53(54(38-47)72-9)76-77(11,12)70)30-26-41(2)36-45(6)56(65)57(73-10)55(64)44(5)35-40/h13-18,21-24,36,40-41,43-44,46-47,49-54,56-57,65,69H,19-20,25-35,37-39H2,1-12H3/b16-13+,21-15+,42-22+,45-36+/t40-,41+,43-,44-,46-,47?,49?,50+,51+,52+,53-,54-,56-,57+,61-/m1/s1. The highest BCUT2D eigenvalue weighted by molar-refractivity contribution is 7.57. The molecule has 432 valence electrons. The molecule has 2 saturated heterocycles. The van der Waals surface area contributed by atoms with Crippen LogP contribution < -0.4 is 4.90 Å². The van der Waals surface area contributed by atoms with Crippen molar-refractivity contribution in [2.75, 3.05) is 59.3 Å². The Morgan fingerprint density at radius 1 is 0.831 bits per heavy atom. The van der Waals surface area contributed by atoms with Crippen molar-refractivity contribution in [3.05, 3.63) is 77.9 Å². The van der Waals surface area contributed by atoms with Crippen LogP contribution in [0.3, 0.4) is 0 Å². The number of cyclic esters (lactones) is 1. The van der Waals surface area contributed by atoms with Crippen molar-refractivity contribution in [3.63, 3.8) is 0 Å². The Morgan fingerprint density at radius 2 is 1.56 bits per heavy atom. The second-order valence-corrected chi connectivity index (χ2v) is 26.0. The van der Waals surface area contributed by atoms with E-state index in [-0.39, 0.29) is 60.7 Å². The van der Waals surface area contributed by atoms with E-state index in [1.807, 2.05) is 81.5 Å². The Labute approximate surface area is 461 Å². The van der Waals surface area contributed by atoms with Crippen molar-refractivity contribution in [1.29, 1.82) is 0 Å². The number of fused-ring (bicyclic) bond motifs is 3. The van der Waals surface area contributed by atoms with Crippen molar-refractivity contribution in [2.45, 2.75) is 186 Å². The lowest BCUT2D eigenvalue weighted by Crippen LogP contribution is -2.61. The zero-order valence-electron chi connectivity index (χ0n) is 48.5. The lowest BCUT2D eigenvalue weighted by molar-refractivity contribution is -0.263. The Morgan fingerprint density at radius 3 is 2.23 bits per heavy atom. The highest BCUT2D eigenvalue weighted by Gasteiger charge is 2.53. The molecular weight excluding hydrogens is 1000 g/mol. The zero-order valence-corrected chi connectivity index (χ0v) is 49.4. The van der Waals surface area contributed by atoms with Gasteiger partial charge in [-0.05, 0) is 139 Å². The molecule has 0 spiro atoms. The van der Waals surface area contributed by atoms with Gasteiger partial charge in [-0.1, -0.05) is 94.8 Å². The summed E-state index contributed by atoms with van der Waals surface area (Å²) in [6.45, 7) is 17.9. The van der Waals surface area contributed by atoms with Gasteiger partial charge in [0.05, 0.1) is 31.0 Å². The van der Waals surface area contributed by atoms with E-state index in [0.717, 1.165) is 17.7 Å². The Hall–Kier alpha value is -3.79. The van der Waals surface area contributed by atoms with Crippen LogP contribution >= 0.6 is 7.37 Å². The van der Waals surface area contributed by atoms with Gasteiger partial charge in [-0.2, -0.15) is 0 Å². The predicted octanol–water partition coefficient (Wildman–Crippen LogP) is 10.1. The van der Waals surface area contributed by atoms with Crippen LogP contribution in [-0.2, 0) is 52.0 Å². The number of para-hydroxylation sites is 1. The number of rotatable bonds is 12. The summed E-state index contributed by atoms with van der Waals surface area (Å²) in [4.78, 5) is 61.5. The Balaban J connectivity index is 1.51. The molecule has 2 bridgehead atoms. The first-order valence-corrected chi connectivity index (χ1v) is 31.0. The third kappa shape index (κ3) is 18.1. The van der Waals surface area contributed by atoms with Crippen molar-refractivity contribution in [2.24, 2.45) is 35.5 Å². The number of aliphatic hydroxyl groups is 2. The summed E-state index contributed by atoms with van der Waals surface area (Å²) in [5.41, 5.74) is 2.55. The van der Waals surface area contributed by atoms with Crippen LogP contribution in [0.5, 0.6) is 0 Å². The van der Waals surface area contributed by atoms with Gasteiger partial charge in [-0.3, -0.25) is 18.9 Å². The van der Waals surface area contributed by atoms with Crippen LogP contribution in [0.2, 0.25) is 0 Å². The van der Waals surface area contributed by atoms with E-state index in [4.69, 9.17) is 28.2 Å². The van der Waals surface area contributed by atoms with Crippen molar-refractivity contribution in [3.8, 4) is 0 Å². The maximum atomic E-state index is 14.7. The molecule has 1 aliphatic carbocycles. The normalized spacial score (nSPS) is 36.1. The number of allylic oxidation sites excluding steroid dienone is 6. The fourth-order valence-electron chi connectivity index (χ4n) is 12.1. The molecule has 3 aliphatic heterocycles. The number of piperidine rings is 1. The molecule has 1 saturated carbocycles. The van der Waals surface area contributed by atoms with Gasteiger partial charge in [0.2, 0.25) is 5.79 Å². The summed E-state index contributed by atoms with van der Waals surface area (Å²) in [7, 11) is 1.99. The summed E-state index contributed by atoms with van der Waals surface area (Å²) < 4.78 is 48.9. The average molecular weight is 1100 g/mol. The molecule has 15 nitrogen and oxygen atoms in total. The van der Waals surface area contributed by atoms with Gasteiger partial charge < -0.3 is 48.2 Å². The number of nitrogens with zero attached hydrogens (tertiary/aromatic N) is 2. The van der Waals surface area contributed by atoms with Gasteiger partial charge in [0.1, 0.15) is 24.4 Å². The average Bonchev–Trinajstić information content (AvgIpc) is 3.41. The number of carbonyl (C=O) groups is 4. The summed E-state index contributed by atoms with van der Waals surface area (Å²) in [6.07, 6.45) is 15.2. The molecule has 1 aromatic rings. The maximum absolute atomic E-state index is 14.7. The topological polar surface area (TPSA) is 188 Å². The van der Waals surface area contributed by atoms with E-state index in [9.17, 15) is 34.0 Å². The van der Waals surface area contributed by atoms with Gasteiger partial charge in [0, 0.05) is 65.3 Å². The molecule has 16 heteroatoms. The van der Waals surface area contributed by atoms with Crippen molar-refractivity contribution >= 4 is 36.5 Å². The Kier molecular flexibility index (Phi) is 25.1. The summed E-state index contributed by atoms with van der Waals surface area (Å²) in [5.74, 6) is -6.39. The van der Waals surface area contributed by atoms with E-state index >= 15 is 0 Å². The number of ether oxygens (including phenoxy) is 5. The molecule has 1 aromatic carbocycles. The molecule has 3 fully saturated rings. The van der Waals surface area contributed by atoms with E-state index in [1.165, 1.54) is 12.0 Å². The number of hydrogen-bond acceptors (Lipinski definition) is 14. The van der Waals surface area contributed by atoms with E-state index < -0.39 is 73.1 Å². The van der Waals surface area contributed by atoms with Crippen LogP contribution in [0.25, 0.3) is 0 Å². The first kappa shape index (κ1) is 64.0. The van der Waals surface area contributed by atoms with Crippen LogP contribution in [-0.4, -0.2) is 147 Å². The number of ketones is 2. The monoisotopic (exact) mass is 1090 g/mol. The number of carbonyl (C=O) groups excluding carboxylic acids is 4. The molecule has 15 atom stereocenters. The molecule has 3 heterocycles. The Bertz CT molecular complexity index is 2250. The quantitative estimate of drug-likeness (QED) is 0.0871. The third-order valence-electron chi connectivity index (χ3n) is 16.6. The number of aliphatic hydroxyl groups excluding tert-OH is 1. The van der Waals surface area contributed by atoms with Crippen LogP contribution in [0.4, 0.5) is 5.69 Å². The molecule has 77 heavy (non-hydrogen) atoms. The highest BCUT2D eigenvalue weighted by atomic mass is 31.2. The minimum Gasteiger partial charge on any atom is -0.461 e. The SMILES string of the molecule is COCCN(c1ccccc1)[C@H]1CC2CC[C@@H](C)[C@@](O)(O2)C(=O)C(=O)N2CCCC[C@H]2C(=O)O[C@H]([C@H](C)CC2CC[C@@H](OP(C)(C)=O)[C@H](OC)C2)CC[C@H](C)/C=C(\C)[C@@H](O)[C@@H](OC)C(=O)[C@H](C)C[C@H](C)/C=C/C=C/C=C/1C. The van der Waals surface area contributed by atoms with Gasteiger partial charge in [0.25, 0.3) is 11.7 Å². The summed E-state index contributed by atoms with van der Waals surface area (Å²) >= 11 is 0. The second-order valence-electron chi connectivity index (χ2n) is 23.3. The van der Waals surface area contributed by atoms with E-state index in [2.05, 4.69) is 24.8 Å². The number of esters is 1. The minimum atomic E-state index is -2.76. The summed E-state index contributed by atoms with van der Waals surface area (Å²) in [6, 6.07) is 8.65. The molecule has 0 aromatic heterocycles. The number of anilines is 1. The lowest BCUT2D eigenvalue weighted by atomic mass is 9.78. The van der Waals surface area contributed by atoms with Gasteiger partial charge >= 0.3 is 5.97 Å². The van der Waals surface area contributed by atoms with Crippen LogP contribution in [0.15, 0.2) is 77.9 Å². The van der Waals surface area contributed by atoms with Gasteiger partial charge in [-0.25, -0.2) is 4.79 Å². The number of methoxy groups -OCH3 is 3. The summed E-state index contributed by atoms with van der Waals surface area (Å²) in [5, 5.41) is 24.1. The van der Waals surface area contributed by atoms with Crippen LogP contribution in [0.1, 0.15) is 132 Å². The molecular formula is C61H95N2O13P. The lowest BCUT2D eigenvalue weighted by Gasteiger charge is -2.44. The molecule has 1 amide bonds. The largest absolute Gasteiger partial charge is 0.461 e. The van der Waals surface area contributed by atoms with Gasteiger partial charge in [0.15, 0.2) is 13.2 Å². The van der Waals surface area contributed by atoms with Crippen molar-refractivity contribution < 1.29 is 62.2 Å². The van der Waals surface area contributed by atoms with Crippen LogP contribution in [0, 0.1) is 35.5 Å². The maximum Gasteiger partial charge on any atom is 0.329 e.